The van der Waals surface area contributed by atoms with Gasteiger partial charge in [-0.1, -0.05) is 0 Å². The summed E-state index contributed by atoms with van der Waals surface area (Å²) in [6.45, 7) is 0. The van der Waals surface area contributed by atoms with Gasteiger partial charge in [0.15, 0.2) is 0 Å². The van der Waals surface area contributed by atoms with E-state index in [-0.39, 0.29) is 0 Å². The standard InChI is InChI=1S/C6H11NO/c7-5-3-4-1-2-6(5)8-4/h4-6H,1-3,7H2/t4-,5+,6-/m0/s1. The first kappa shape index (κ1) is 4.77. The Morgan fingerprint density at radius 1 is 1.38 bits per heavy atom. The van der Waals surface area contributed by atoms with Gasteiger partial charge in [-0.3, -0.25) is 0 Å². The lowest BCUT2D eigenvalue weighted by Gasteiger charge is -2.11. The first-order valence-electron chi connectivity index (χ1n) is 3.27. The van der Waals surface area contributed by atoms with Gasteiger partial charge in [0.25, 0.3) is 0 Å². The van der Waals surface area contributed by atoms with Gasteiger partial charge in [0.05, 0.1) is 12.2 Å². The van der Waals surface area contributed by atoms with Crippen molar-refractivity contribution in [2.45, 2.75) is 37.5 Å². The average molecular weight is 113 g/mol. The number of ether oxygens (including phenoxy) is 1. The SMILES string of the molecule is N[C@@H]1C[C@@H]2CC[C@@H]1O2. The lowest BCUT2D eigenvalue weighted by molar-refractivity contribution is 0.101. The fraction of sp³-hybridized carbons (Fsp3) is 1.00. The highest BCUT2D eigenvalue weighted by atomic mass is 16.5. The lowest BCUT2D eigenvalue weighted by Crippen LogP contribution is -2.30. The van der Waals surface area contributed by atoms with E-state index in [0.717, 1.165) is 6.42 Å². The van der Waals surface area contributed by atoms with Crippen molar-refractivity contribution in [1.82, 2.24) is 0 Å². The Morgan fingerprint density at radius 3 is 2.50 bits per heavy atom. The number of hydrogen-bond donors (Lipinski definition) is 1. The van der Waals surface area contributed by atoms with Crippen molar-refractivity contribution in [3.8, 4) is 0 Å². The topological polar surface area (TPSA) is 35.2 Å². The summed E-state index contributed by atoms with van der Waals surface area (Å²) >= 11 is 0. The quantitative estimate of drug-likeness (QED) is 0.489. The molecule has 46 valence electrons. The summed E-state index contributed by atoms with van der Waals surface area (Å²) in [6, 6.07) is 0.355. The maximum Gasteiger partial charge on any atom is 0.0731 e. The molecule has 0 aromatic rings. The molecular formula is C6H11NO. The summed E-state index contributed by atoms with van der Waals surface area (Å²) in [5, 5.41) is 0. The van der Waals surface area contributed by atoms with Gasteiger partial charge in [-0.05, 0) is 19.3 Å². The molecule has 2 rings (SSSR count). The van der Waals surface area contributed by atoms with E-state index in [4.69, 9.17) is 10.5 Å². The van der Waals surface area contributed by atoms with Crippen molar-refractivity contribution in [3.05, 3.63) is 0 Å². The van der Waals surface area contributed by atoms with Crippen LogP contribution in [0.25, 0.3) is 0 Å². The molecule has 0 saturated carbocycles. The molecule has 2 aliphatic rings. The van der Waals surface area contributed by atoms with E-state index < -0.39 is 0 Å². The summed E-state index contributed by atoms with van der Waals surface area (Å²) < 4.78 is 5.46. The number of rotatable bonds is 0. The van der Waals surface area contributed by atoms with Gasteiger partial charge >= 0.3 is 0 Å². The Morgan fingerprint density at radius 2 is 2.25 bits per heavy atom. The van der Waals surface area contributed by atoms with Gasteiger partial charge in [-0.25, -0.2) is 0 Å². The first-order chi connectivity index (χ1) is 3.86. The number of nitrogens with two attached hydrogens (primary N) is 1. The van der Waals surface area contributed by atoms with Gasteiger partial charge in [0, 0.05) is 6.04 Å². The number of hydrogen-bond acceptors (Lipinski definition) is 2. The van der Waals surface area contributed by atoms with Crippen molar-refractivity contribution in [3.63, 3.8) is 0 Å². The largest absolute Gasteiger partial charge is 0.373 e. The highest BCUT2D eigenvalue weighted by Crippen LogP contribution is 2.32. The molecule has 3 atom stereocenters. The summed E-state index contributed by atoms with van der Waals surface area (Å²) in [7, 11) is 0. The maximum absolute atomic E-state index is 5.69. The van der Waals surface area contributed by atoms with Crippen LogP contribution in [-0.2, 0) is 4.74 Å². The van der Waals surface area contributed by atoms with Crippen LogP contribution in [0.2, 0.25) is 0 Å². The van der Waals surface area contributed by atoms with Crippen LogP contribution in [-0.4, -0.2) is 18.2 Å². The summed E-state index contributed by atoms with van der Waals surface area (Å²) in [6.07, 6.45) is 4.49. The maximum atomic E-state index is 5.69. The third-order valence-corrected chi connectivity index (χ3v) is 2.15. The molecule has 0 aromatic heterocycles. The molecule has 0 spiro atoms. The third-order valence-electron chi connectivity index (χ3n) is 2.15. The fourth-order valence-corrected chi connectivity index (χ4v) is 1.68. The smallest absolute Gasteiger partial charge is 0.0731 e. The molecule has 0 amide bonds. The molecule has 0 aliphatic carbocycles. The second kappa shape index (κ2) is 1.45. The predicted octanol–water partition coefficient (Wildman–Crippen LogP) is 0.265. The van der Waals surface area contributed by atoms with Gasteiger partial charge in [0.1, 0.15) is 0 Å². The molecule has 2 fully saturated rings. The summed E-state index contributed by atoms with van der Waals surface area (Å²) in [5.74, 6) is 0. The summed E-state index contributed by atoms with van der Waals surface area (Å²) in [4.78, 5) is 0. The average Bonchev–Trinajstić information content (AvgIpc) is 2.23. The number of fused-ring (bicyclic) bond motifs is 2. The van der Waals surface area contributed by atoms with Crippen LogP contribution in [0.15, 0.2) is 0 Å². The molecule has 2 nitrogen and oxygen atoms in total. The van der Waals surface area contributed by atoms with Gasteiger partial charge in [-0.2, -0.15) is 0 Å². The first-order valence-corrected chi connectivity index (χ1v) is 3.27. The molecule has 2 bridgehead atoms. The Kier molecular flexibility index (Phi) is 0.866. The molecule has 2 heteroatoms. The molecular weight excluding hydrogens is 102 g/mol. The lowest BCUT2D eigenvalue weighted by atomic mass is 9.97. The van der Waals surface area contributed by atoms with Crippen molar-refractivity contribution in [2.24, 2.45) is 5.73 Å². The molecule has 2 N–H and O–H groups in total. The zero-order valence-corrected chi connectivity index (χ0v) is 4.84. The van der Waals surface area contributed by atoms with E-state index >= 15 is 0 Å². The second-order valence-electron chi connectivity index (χ2n) is 2.77. The van der Waals surface area contributed by atoms with Crippen LogP contribution >= 0.6 is 0 Å². The Labute approximate surface area is 49.0 Å². The Balaban J connectivity index is 2.11. The van der Waals surface area contributed by atoms with Crippen LogP contribution < -0.4 is 5.73 Å². The minimum Gasteiger partial charge on any atom is -0.373 e. The molecule has 0 radical (unpaired) electrons. The molecule has 0 aromatic carbocycles. The van der Waals surface area contributed by atoms with E-state index in [9.17, 15) is 0 Å². The van der Waals surface area contributed by atoms with Crippen LogP contribution in [0.3, 0.4) is 0 Å². The van der Waals surface area contributed by atoms with Crippen molar-refractivity contribution in [1.29, 1.82) is 0 Å². The van der Waals surface area contributed by atoms with E-state index in [1.54, 1.807) is 0 Å². The summed E-state index contributed by atoms with van der Waals surface area (Å²) in [5.41, 5.74) is 5.69. The molecule has 0 unspecified atom stereocenters. The highest BCUT2D eigenvalue weighted by Gasteiger charge is 2.38. The van der Waals surface area contributed by atoms with Crippen molar-refractivity contribution >= 4 is 0 Å². The third kappa shape index (κ3) is 0.501. The predicted molar refractivity (Wildman–Crippen MR) is 30.5 cm³/mol. The van der Waals surface area contributed by atoms with Crippen LogP contribution in [0.5, 0.6) is 0 Å². The van der Waals surface area contributed by atoms with Crippen molar-refractivity contribution < 1.29 is 4.74 Å². The second-order valence-corrected chi connectivity index (χ2v) is 2.77. The monoisotopic (exact) mass is 113 g/mol. The molecule has 2 aliphatic heterocycles. The zero-order valence-electron chi connectivity index (χ0n) is 4.84. The van der Waals surface area contributed by atoms with Gasteiger partial charge in [-0.15, -0.1) is 0 Å². The van der Waals surface area contributed by atoms with Gasteiger partial charge < -0.3 is 10.5 Å². The fourth-order valence-electron chi connectivity index (χ4n) is 1.68. The molecule has 2 heterocycles. The van der Waals surface area contributed by atoms with E-state index in [2.05, 4.69) is 0 Å². The minimum absolute atomic E-state index is 0.355. The molecule has 8 heavy (non-hydrogen) atoms. The van der Waals surface area contributed by atoms with E-state index in [0.29, 0.717) is 18.2 Å². The molecule has 2 saturated heterocycles. The van der Waals surface area contributed by atoms with Gasteiger partial charge in [0.2, 0.25) is 0 Å². The Bertz CT molecular complexity index is 103. The normalized spacial score (nSPS) is 52.9. The van der Waals surface area contributed by atoms with E-state index in [1.807, 2.05) is 0 Å². The Hall–Kier alpha value is -0.0800. The highest BCUT2D eigenvalue weighted by molar-refractivity contribution is 4.91. The minimum atomic E-state index is 0.355. The van der Waals surface area contributed by atoms with Crippen LogP contribution in [0, 0.1) is 0 Å². The van der Waals surface area contributed by atoms with E-state index in [1.165, 1.54) is 12.8 Å². The van der Waals surface area contributed by atoms with Crippen molar-refractivity contribution in [2.75, 3.05) is 0 Å². The van der Waals surface area contributed by atoms with Crippen LogP contribution in [0.1, 0.15) is 19.3 Å². The zero-order chi connectivity index (χ0) is 5.56. The van der Waals surface area contributed by atoms with Crippen LogP contribution in [0.4, 0.5) is 0 Å².